The lowest BCUT2D eigenvalue weighted by atomic mass is 9.88. The van der Waals surface area contributed by atoms with Crippen molar-refractivity contribution in [3.63, 3.8) is 0 Å². The minimum absolute atomic E-state index is 0.0719. The number of amides is 4. The van der Waals surface area contributed by atoms with Crippen LogP contribution in [-0.2, 0) is 4.79 Å². The van der Waals surface area contributed by atoms with Gasteiger partial charge in [0, 0.05) is 31.1 Å². The number of ether oxygens (including phenoxy) is 2. The van der Waals surface area contributed by atoms with E-state index in [-0.39, 0.29) is 48.6 Å². The summed E-state index contributed by atoms with van der Waals surface area (Å²) in [5, 5.41) is 15.8. The van der Waals surface area contributed by atoms with Crippen LogP contribution >= 0.6 is 0 Å². The standard InChI is InChI=1S/C31H42N4O6/c1-20-17-35(21(2)19-36)30(38)25-11-8-12-26(33-29(37)22-9-6-5-7-10-22)28(25)41-27(20)18-34(3)31(39)32-23-13-15-24(40-4)16-14-23/h8,11-16,20-22,27,36H,5-7,9-10,17-19H2,1-4H3,(H,32,39)(H,33,37)/t20-,21-,27-/m1/s1. The van der Waals surface area contributed by atoms with Gasteiger partial charge >= 0.3 is 6.03 Å². The van der Waals surface area contributed by atoms with Gasteiger partial charge in [-0.2, -0.15) is 0 Å². The van der Waals surface area contributed by atoms with E-state index in [9.17, 15) is 19.5 Å². The molecule has 1 fully saturated rings. The molecule has 1 aliphatic heterocycles. The molecule has 0 radical (unpaired) electrons. The first-order valence-corrected chi connectivity index (χ1v) is 14.4. The molecule has 3 atom stereocenters. The first kappa shape index (κ1) is 30.2. The van der Waals surface area contributed by atoms with E-state index in [0.29, 0.717) is 29.2 Å². The minimum Gasteiger partial charge on any atom is -0.497 e. The number of hydrogen-bond acceptors (Lipinski definition) is 6. The average molecular weight is 567 g/mol. The normalized spacial score (nSPS) is 20.1. The zero-order chi connectivity index (χ0) is 29.5. The molecule has 4 amide bonds. The zero-order valence-electron chi connectivity index (χ0n) is 24.4. The number of benzene rings is 2. The van der Waals surface area contributed by atoms with Gasteiger partial charge in [-0.15, -0.1) is 0 Å². The molecule has 0 bridgehead atoms. The highest BCUT2D eigenvalue weighted by molar-refractivity contribution is 6.02. The van der Waals surface area contributed by atoms with Crippen molar-refractivity contribution >= 4 is 29.2 Å². The number of para-hydroxylation sites is 1. The summed E-state index contributed by atoms with van der Waals surface area (Å²) >= 11 is 0. The molecule has 2 aromatic carbocycles. The van der Waals surface area contributed by atoms with Crippen molar-refractivity contribution < 1.29 is 29.0 Å². The van der Waals surface area contributed by atoms with E-state index < -0.39 is 12.1 Å². The number of fused-ring (bicyclic) bond motifs is 1. The molecule has 1 heterocycles. The van der Waals surface area contributed by atoms with E-state index in [4.69, 9.17) is 9.47 Å². The molecule has 1 aliphatic carbocycles. The molecule has 0 spiro atoms. The van der Waals surface area contributed by atoms with Gasteiger partial charge in [0.15, 0.2) is 5.75 Å². The number of nitrogens with zero attached hydrogens (tertiary/aromatic N) is 2. The van der Waals surface area contributed by atoms with Crippen LogP contribution in [0.1, 0.15) is 56.3 Å². The Kier molecular flexibility index (Phi) is 10.1. The molecule has 222 valence electrons. The lowest BCUT2D eigenvalue weighted by molar-refractivity contribution is -0.120. The molecular weight excluding hydrogens is 524 g/mol. The molecule has 41 heavy (non-hydrogen) atoms. The van der Waals surface area contributed by atoms with Crippen molar-refractivity contribution in [3.05, 3.63) is 48.0 Å². The molecule has 10 heteroatoms. The molecule has 2 aliphatic rings. The van der Waals surface area contributed by atoms with Gasteiger partial charge in [-0.05, 0) is 56.2 Å². The topological polar surface area (TPSA) is 120 Å². The third-order valence-electron chi connectivity index (χ3n) is 8.07. The number of aliphatic hydroxyl groups excluding tert-OH is 1. The molecule has 4 rings (SSSR count). The van der Waals surface area contributed by atoms with Gasteiger partial charge < -0.3 is 35.0 Å². The molecule has 2 aromatic rings. The molecule has 0 unspecified atom stereocenters. The average Bonchev–Trinajstić information content (AvgIpc) is 2.99. The first-order valence-electron chi connectivity index (χ1n) is 14.4. The fourth-order valence-corrected chi connectivity index (χ4v) is 5.41. The summed E-state index contributed by atoms with van der Waals surface area (Å²) in [6, 6.07) is 11.5. The van der Waals surface area contributed by atoms with Crippen LogP contribution < -0.4 is 20.1 Å². The second-order valence-electron chi connectivity index (χ2n) is 11.2. The van der Waals surface area contributed by atoms with Gasteiger partial charge in [0.25, 0.3) is 5.91 Å². The Morgan fingerprint density at radius 2 is 1.83 bits per heavy atom. The maximum absolute atomic E-state index is 13.7. The third-order valence-corrected chi connectivity index (χ3v) is 8.07. The van der Waals surface area contributed by atoms with Crippen molar-refractivity contribution in [3.8, 4) is 11.5 Å². The summed E-state index contributed by atoms with van der Waals surface area (Å²) in [5.41, 5.74) is 1.38. The lowest BCUT2D eigenvalue weighted by Gasteiger charge is -2.38. The quantitative estimate of drug-likeness (QED) is 0.430. The van der Waals surface area contributed by atoms with Gasteiger partial charge in [-0.1, -0.05) is 32.3 Å². The van der Waals surface area contributed by atoms with E-state index in [1.165, 1.54) is 4.90 Å². The van der Waals surface area contributed by atoms with Gasteiger partial charge in [-0.3, -0.25) is 9.59 Å². The smallest absolute Gasteiger partial charge is 0.321 e. The highest BCUT2D eigenvalue weighted by Gasteiger charge is 2.35. The maximum Gasteiger partial charge on any atom is 0.321 e. The maximum atomic E-state index is 13.7. The Bertz CT molecular complexity index is 1210. The summed E-state index contributed by atoms with van der Waals surface area (Å²) < 4.78 is 11.7. The second kappa shape index (κ2) is 13.7. The number of carbonyl (C=O) groups is 3. The van der Waals surface area contributed by atoms with E-state index in [1.807, 2.05) is 6.92 Å². The Labute approximate surface area is 242 Å². The minimum atomic E-state index is -0.505. The fraction of sp³-hybridized carbons (Fsp3) is 0.516. The number of methoxy groups -OCH3 is 1. The first-order chi connectivity index (χ1) is 19.7. The van der Waals surface area contributed by atoms with Crippen LogP contribution in [0.15, 0.2) is 42.5 Å². The number of nitrogens with one attached hydrogen (secondary N) is 2. The predicted molar refractivity (Wildman–Crippen MR) is 157 cm³/mol. The van der Waals surface area contributed by atoms with E-state index in [2.05, 4.69) is 10.6 Å². The van der Waals surface area contributed by atoms with Crippen molar-refractivity contribution in [2.75, 3.05) is 44.5 Å². The molecular formula is C31H42N4O6. The number of hydrogen-bond donors (Lipinski definition) is 3. The Morgan fingerprint density at radius 1 is 1.12 bits per heavy atom. The van der Waals surface area contributed by atoms with E-state index in [1.54, 1.807) is 68.4 Å². The summed E-state index contributed by atoms with van der Waals surface area (Å²) in [4.78, 5) is 43.1. The summed E-state index contributed by atoms with van der Waals surface area (Å²) in [6.07, 6.45) is 4.37. The highest BCUT2D eigenvalue weighted by Crippen LogP contribution is 2.36. The van der Waals surface area contributed by atoms with Gasteiger partial charge in [0.2, 0.25) is 5.91 Å². The number of rotatable bonds is 8. The summed E-state index contributed by atoms with van der Waals surface area (Å²) in [7, 11) is 3.27. The largest absolute Gasteiger partial charge is 0.497 e. The predicted octanol–water partition coefficient (Wildman–Crippen LogP) is 4.60. The summed E-state index contributed by atoms with van der Waals surface area (Å²) in [5.74, 6) is 0.368. The fourth-order valence-electron chi connectivity index (χ4n) is 5.41. The monoisotopic (exact) mass is 566 g/mol. The van der Waals surface area contributed by atoms with Crippen molar-refractivity contribution in [2.45, 2.75) is 58.1 Å². The molecule has 3 N–H and O–H groups in total. The molecule has 0 saturated heterocycles. The number of anilines is 2. The Hall–Kier alpha value is -3.79. The van der Waals surface area contributed by atoms with Crippen LogP contribution in [0.5, 0.6) is 11.5 Å². The number of urea groups is 1. The van der Waals surface area contributed by atoms with Crippen molar-refractivity contribution in [2.24, 2.45) is 11.8 Å². The molecule has 1 saturated carbocycles. The molecule has 0 aromatic heterocycles. The van der Waals surface area contributed by atoms with E-state index in [0.717, 1.165) is 32.1 Å². The van der Waals surface area contributed by atoms with Crippen LogP contribution in [0.25, 0.3) is 0 Å². The Morgan fingerprint density at radius 3 is 2.49 bits per heavy atom. The number of likely N-dealkylation sites (N-methyl/N-ethyl adjacent to an activating group) is 1. The number of carbonyl (C=O) groups excluding carboxylic acids is 3. The summed E-state index contributed by atoms with van der Waals surface area (Å²) in [6.45, 7) is 4.12. The highest BCUT2D eigenvalue weighted by atomic mass is 16.5. The van der Waals surface area contributed by atoms with Gasteiger partial charge in [-0.25, -0.2) is 4.79 Å². The van der Waals surface area contributed by atoms with Crippen LogP contribution in [-0.4, -0.2) is 78.8 Å². The van der Waals surface area contributed by atoms with Crippen LogP contribution in [0.4, 0.5) is 16.2 Å². The third kappa shape index (κ3) is 7.30. The van der Waals surface area contributed by atoms with Crippen LogP contribution in [0.3, 0.4) is 0 Å². The SMILES string of the molecule is COc1ccc(NC(=O)N(C)C[C@H]2Oc3c(NC(=O)C4CCCCC4)cccc3C(=O)N([C@H](C)CO)C[C@H]2C)cc1. The van der Waals surface area contributed by atoms with Gasteiger partial charge in [0.05, 0.1) is 37.6 Å². The van der Waals surface area contributed by atoms with Crippen LogP contribution in [0, 0.1) is 11.8 Å². The zero-order valence-corrected chi connectivity index (χ0v) is 24.4. The van der Waals surface area contributed by atoms with E-state index >= 15 is 0 Å². The Balaban J connectivity index is 1.60. The number of aliphatic hydroxyl groups is 1. The van der Waals surface area contributed by atoms with Gasteiger partial charge in [0.1, 0.15) is 11.9 Å². The second-order valence-corrected chi connectivity index (χ2v) is 11.2. The van der Waals surface area contributed by atoms with Crippen molar-refractivity contribution in [1.29, 1.82) is 0 Å². The van der Waals surface area contributed by atoms with Crippen LogP contribution in [0.2, 0.25) is 0 Å². The lowest BCUT2D eigenvalue weighted by Crippen LogP contribution is -2.50. The molecule has 10 nitrogen and oxygen atoms in total. The van der Waals surface area contributed by atoms with Crippen molar-refractivity contribution in [1.82, 2.24) is 9.80 Å².